The summed E-state index contributed by atoms with van der Waals surface area (Å²) in [6.45, 7) is 20.6. The van der Waals surface area contributed by atoms with Gasteiger partial charge in [0, 0.05) is 11.5 Å². The van der Waals surface area contributed by atoms with Gasteiger partial charge in [0.25, 0.3) is 0 Å². The van der Waals surface area contributed by atoms with E-state index in [0.717, 1.165) is 22.1 Å². The van der Waals surface area contributed by atoms with Crippen LogP contribution in [0.25, 0.3) is 5.57 Å². The molecule has 0 aromatic heterocycles. The van der Waals surface area contributed by atoms with Gasteiger partial charge < -0.3 is 0 Å². The molecule has 0 heterocycles. The van der Waals surface area contributed by atoms with Crippen molar-refractivity contribution >= 4 is 27.1 Å². The SMILES string of the molecule is CCCCC1(CCCC)C2=CC3C(C=C2c2ccc([Si](C)(C)C)cc21)CC(C)C3[Si](C)(C)N(C1CCCCC1)[N+](C)(C)C. The van der Waals surface area contributed by atoms with Crippen molar-refractivity contribution in [3.05, 3.63) is 47.1 Å². The molecule has 1 aromatic carbocycles. The first-order chi connectivity index (χ1) is 20.2. The first-order valence-corrected chi connectivity index (χ1v) is 24.9. The second-order valence-electron chi connectivity index (χ2n) is 17.7. The molecule has 0 aliphatic heterocycles. The summed E-state index contributed by atoms with van der Waals surface area (Å²) in [7, 11) is 4.21. The molecule has 43 heavy (non-hydrogen) atoms. The van der Waals surface area contributed by atoms with Crippen molar-refractivity contribution in [2.75, 3.05) is 21.1 Å². The van der Waals surface area contributed by atoms with E-state index >= 15 is 0 Å². The maximum Gasteiger partial charge on any atom is 0.191 e. The van der Waals surface area contributed by atoms with E-state index in [0.29, 0.717) is 11.8 Å². The van der Waals surface area contributed by atoms with Crippen LogP contribution in [0.1, 0.15) is 109 Å². The van der Waals surface area contributed by atoms with Crippen molar-refractivity contribution in [1.29, 1.82) is 0 Å². The zero-order valence-electron chi connectivity index (χ0n) is 30.2. The summed E-state index contributed by atoms with van der Waals surface area (Å²) in [5, 5.41) is 1.65. The third-order valence-electron chi connectivity index (χ3n) is 12.3. The lowest BCUT2D eigenvalue weighted by Crippen LogP contribution is -2.69. The highest BCUT2D eigenvalue weighted by atomic mass is 28.3. The molecule has 4 unspecified atom stereocenters. The molecule has 4 aliphatic carbocycles. The summed E-state index contributed by atoms with van der Waals surface area (Å²) in [5.41, 5.74) is 7.73. The van der Waals surface area contributed by atoms with Crippen LogP contribution in [-0.4, -0.2) is 52.8 Å². The number of nitrogens with zero attached hydrogens (tertiary/aromatic N) is 2. The molecule has 0 spiro atoms. The van der Waals surface area contributed by atoms with Crippen molar-refractivity contribution in [1.82, 2.24) is 4.67 Å². The van der Waals surface area contributed by atoms with Gasteiger partial charge in [-0.2, -0.15) is 4.67 Å². The predicted molar refractivity (Wildman–Crippen MR) is 195 cm³/mol. The van der Waals surface area contributed by atoms with Gasteiger partial charge in [0.1, 0.15) is 0 Å². The van der Waals surface area contributed by atoms with Crippen molar-refractivity contribution in [3.63, 3.8) is 0 Å². The van der Waals surface area contributed by atoms with Gasteiger partial charge in [-0.05, 0) is 77.7 Å². The van der Waals surface area contributed by atoms with Gasteiger partial charge >= 0.3 is 0 Å². The fourth-order valence-corrected chi connectivity index (χ4v) is 17.8. The van der Waals surface area contributed by atoms with Crippen molar-refractivity contribution in [3.8, 4) is 0 Å². The number of fused-ring (bicyclic) bond motifs is 4. The Labute approximate surface area is 269 Å². The summed E-state index contributed by atoms with van der Waals surface area (Å²) in [6.07, 6.45) is 22.1. The fourth-order valence-electron chi connectivity index (χ4n) is 10.8. The maximum atomic E-state index is 3.11. The van der Waals surface area contributed by atoms with E-state index in [9.17, 15) is 0 Å². The lowest BCUT2D eigenvalue weighted by molar-refractivity contribution is -0.975. The minimum atomic E-state index is -1.81. The lowest BCUT2D eigenvalue weighted by atomic mass is 9.68. The van der Waals surface area contributed by atoms with Crippen LogP contribution in [0.2, 0.25) is 38.3 Å². The standard InChI is InChI=1S/C39H67N2Si2/c1-12-14-23-39(24-15-13-2)36-27-32(42(7,8)9)21-22-33(36)35-26-30-25-29(3)38(34(30)28-37(35)39)43(10,11)40(41(4,5)6)31-19-17-16-18-20-31/h21-22,26-31,34,38H,12-20,23-25H2,1-11H3/q+1. The molecule has 1 aromatic rings. The minimum Gasteiger partial charge on any atom is -0.258 e. The van der Waals surface area contributed by atoms with E-state index in [1.807, 2.05) is 0 Å². The quantitative estimate of drug-likeness (QED) is 0.135. The zero-order chi connectivity index (χ0) is 31.4. The van der Waals surface area contributed by atoms with E-state index in [2.05, 4.69) is 110 Å². The first kappa shape index (κ1) is 33.4. The molecule has 0 bridgehead atoms. The van der Waals surface area contributed by atoms with E-state index in [1.54, 1.807) is 27.5 Å². The van der Waals surface area contributed by atoms with Gasteiger partial charge in [0.05, 0.1) is 29.2 Å². The molecular formula is C39H67N2Si2+. The average molecular weight is 620 g/mol. The summed E-state index contributed by atoms with van der Waals surface area (Å²) in [6, 6.07) is 8.57. The summed E-state index contributed by atoms with van der Waals surface area (Å²) >= 11 is 0. The number of rotatable bonds is 11. The van der Waals surface area contributed by atoms with Crippen molar-refractivity contribution in [2.24, 2.45) is 17.8 Å². The molecule has 2 nitrogen and oxygen atoms in total. The van der Waals surface area contributed by atoms with Crippen LogP contribution in [0.15, 0.2) is 35.9 Å². The Morgan fingerprint density at radius 2 is 1.51 bits per heavy atom. The molecule has 4 aliphatic rings. The highest BCUT2D eigenvalue weighted by Gasteiger charge is 2.58. The second-order valence-corrected chi connectivity index (χ2v) is 27.2. The number of benzene rings is 1. The largest absolute Gasteiger partial charge is 0.258 e. The Morgan fingerprint density at radius 3 is 2.07 bits per heavy atom. The van der Waals surface area contributed by atoms with Crippen LogP contribution >= 0.6 is 0 Å². The Morgan fingerprint density at radius 1 is 0.884 bits per heavy atom. The number of hydrogen-bond donors (Lipinski definition) is 0. The van der Waals surface area contributed by atoms with Crippen LogP contribution in [0, 0.1) is 17.8 Å². The van der Waals surface area contributed by atoms with Crippen molar-refractivity contribution in [2.45, 2.75) is 148 Å². The molecule has 240 valence electrons. The third-order valence-corrected chi connectivity index (χ3v) is 19.1. The zero-order valence-corrected chi connectivity index (χ0v) is 32.2. The average Bonchev–Trinajstić information content (AvgIpc) is 3.39. The number of unbranched alkanes of at least 4 members (excludes halogenated alkanes) is 2. The molecule has 0 N–H and O–H groups in total. The topological polar surface area (TPSA) is 3.24 Å². The molecule has 0 amide bonds. The third kappa shape index (κ3) is 6.01. The lowest BCUT2D eigenvalue weighted by Gasteiger charge is -2.54. The number of quaternary nitrogens is 1. The Bertz CT molecular complexity index is 1200. The number of hydrogen-bond acceptors (Lipinski definition) is 1. The van der Waals surface area contributed by atoms with Crippen LogP contribution in [0.3, 0.4) is 0 Å². The smallest absolute Gasteiger partial charge is 0.191 e. The first-order valence-electron chi connectivity index (χ1n) is 18.4. The van der Waals surface area contributed by atoms with Gasteiger partial charge in [-0.3, -0.25) is 4.59 Å². The van der Waals surface area contributed by atoms with E-state index < -0.39 is 16.3 Å². The van der Waals surface area contributed by atoms with Crippen molar-refractivity contribution < 1.29 is 4.59 Å². The van der Waals surface area contributed by atoms with Crippen LogP contribution in [0.4, 0.5) is 0 Å². The summed E-state index contributed by atoms with van der Waals surface area (Å²) in [5.74, 6) is 2.18. The Hall–Kier alpha value is -0.946. The normalized spacial score (nSPS) is 27.5. The van der Waals surface area contributed by atoms with E-state index in [-0.39, 0.29) is 5.41 Å². The van der Waals surface area contributed by atoms with Gasteiger partial charge in [0.15, 0.2) is 8.24 Å². The highest BCUT2D eigenvalue weighted by molar-refractivity contribution is 6.88. The highest BCUT2D eigenvalue weighted by Crippen LogP contribution is 2.62. The molecule has 4 heteroatoms. The summed E-state index contributed by atoms with van der Waals surface area (Å²) < 4.78 is 4.11. The predicted octanol–water partition coefficient (Wildman–Crippen LogP) is 10.3. The van der Waals surface area contributed by atoms with Gasteiger partial charge in [-0.15, -0.1) is 0 Å². The van der Waals surface area contributed by atoms with E-state index in [1.165, 1.54) is 77.0 Å². The second kappa shape index (κ2) is 12.3. The maximum absolute atomic E-state index is 3.11. The molecule has 0 saturated heterocycles. The molecule has 2 saturated carbocycles. The Balaban J connectivity index is 1.64. The monoisotopic (exact) mass is 619 g/mol. The van der Waals surface area contributed by atoms with Crippen LogP contribution in [-0.2, 0) is 5.41 Å². The molecule has 0 radical (unpaired) electrons. The summed E-state index contributed by atoms with van der Waals surface area (Å²) in [4.78, 5) is 0. The van der Waals surface area contributed by atoms with Gasteiger partial charge in [-0.25, -0.2) is 0 Å². The van der Waals surface area contributed by atoms with Crippen LogP contribution in [0.5, 0.6) is 0 Å². The minimum absolute atomic E-state index is 0.207. The van der Waals surface area contributed by atoms with E-state index in [4.69, 9.17) is 0 Å². The number of allylic oxidation sites excluding steroid dienone is 4. The molecule has 2 fully saturated rings. The Kier molecular flexibility index (Phi) is 9.59. The van der Waals surface area contributed by atoms with Gasteiger partial charge in [-0.1, -0.05) is 134 Å². The molecule has 5 rings (SSSR count). The fraction of sp³-hybridized carbons (Fsp3) is 0.744. The van der Waals surface area contributed by atoms with Gasteiger partial charge in [0.2, 0.25) is 0 Å². The van der Waals surface area contributed by atoms with Crippen LogP contribution < -0.4 is 5.19 Å². The molecular weight excluding hydrogens is 553 g/mol. The molecule has 4 atom stereocenters.